The van der Waals surface area contributed by atoms with E-state index < -0.39 is 5.79 Å². The van der Waals surface area contributed by atoms with Crippen LogP contribution >= 0.6 is 9.24 Å². The Hall–Kier alpha value is 0.0900. The van der Waals surface area contributed by atoms with E-state index >= 15 is 0 Å². The number of hydrogen-bond donors (Lipinski definition) is 0. The van der Waals surface area contributed by atoms with Gasteiger partial charge in [0.05, 0.1) is 6.61 Å². The molecule has 1 heterocycles. The summed E-state index contributed by atoms with van der Waals surface area (Å²) < 4.78 is 11.2. The van der Waals surface area contributed by atoms with Crippen molar-refractivity contribution in [3.63, 3.8) is 0 Å². The lowest BCUT2D eigenvalue weighted by Crippen LogP contribution is -2.22. The first kappa shape index (κ1) is 11.2. The molecule has 1 aliphatic rings. The Labute approximate surface area is 82.9 Å². The van der Waals surface area contributed by atoms with Gasteiger partial charge in [-0.3, -0.25) is 0 Å². The van der Waals surface area contributed by atoms with E-state index in [1.807, 2.05) is 13.8 Å². The van der Waals surface area contributed by atoms with Crippen LogP contribution in [0.5, 0.6) is 0 Å². The summed E-state index contributed by atoms with van der Waals surface area (Å²) in [6.45, 7) is 8.85. The first-order valence-electron chi connectivity index (χ1n) is 4.64. The Morgan fingerprint density at radius 3 is 2.46 bits per heavy atom. The SMILES string of the molecule is C/C(CP)=C(\C)[C@H]1COC(C)(C)O1. The fraction of sp³-hybridized carbons (Fsp3) is 0.800. The monoisotopic (exact) mass is 202 g/mol. The number of hydrogen-bond acceptors (Lipinski definition) is 2. The highest BCUT2D eigenvalue weighted by molar-refractivity contribution is 7.16. The van der Waals surface area contributed by atoms with Crippen molar-refractivity contribution in [2.45, 2.75) is 39.6 Å². The van der Waals surface area contributed by atoms with Crippen molar-refractivity contribution in [3.8, 4) is 0 Å². The standard InChI is InChI=1S/C10H19O2P/c1-7(6-13)8(2)9-5-11-10(3,4)12-9/h9H,5-6,13H2,1-4H3/b8-7-/t9-/m1/s1. The van der Waals surface area contributed by atoms with E-state index in [1.54, 1.807) is 0 Å². The van der Waals surface area contributed by atoms with E-state index in [9.17, 15) is 0 Å². The van der Waals surface area contributed by atoms with Gasteiger partial charge in [0.25, 0.3) is 0 Å². The van der Waals surface area contributed by atoms with Crippen LogP contribution in [0.1, 0.15) is 27.7 Å². The molecule has 0 aromatic carbocycles. The summed E-state index contributed by atoms with van der Waals surface area (Å²) in [5.41, 5.74) is 2.68. The second-order valence-corrected chi connectivity index (χ2v) is 4.39. The molecule has 0 aromatic heterocycles. The van der Waals surface area contributed by atoms with E-state index in [0.29, 0.717) is 6.61 Å². The van der Waals surface area contributed by atoms with Crippen LogP contribution in [0.2, 0.25) is 0 Å². The van der Waals surface area contributed by atoms with Gasteiger partial charge in [0.2, 0.25) is 0 Å². The summed E-state index contributed by atoms with van der Waals surface area (Å²) >= 11 is 0. The molecule has 0 aliphatic carbocycles. The lowest BCUT2D eigenvalue weighted by molar-refractivity contribution is -0.134. The molecule has 0 aromatic rings. The highest BCUT2D eigenvalue weighted by Crippen LogP contribution is 2.27. The summed E-state index contributed by atoms with van der Waals surface area (Å²) in [5.74, 6) is -0.410. The fourth-order valence-electron chi connectivity index (χ4n) is 1.34. The molecule has 0 amide bonds. The first-order chi connectivity index (χ1) is 5.96. The summed E-state index contributed by atoms with van der Waals surface area (Å²) in [5, 5.41) is 0. The molecule has 3 heteroatoms. The second kappa shape index (κ2) is 4.08. The molecular formula is C10H19O2P. The second-order valence-electron chi connectivity index (χ2n) is 3.98. The normalized spacial score (nSPS) is 28.8. The zero-order valence-electron chi connectivity index (χ0n) is 8.89. The molecular weight excluding hydrogens is 183 g/mol. The Kier molecular flexibility index (Phi) is 3.50. The lowest BCUT2D eigenvalue weighted by atomic mass is 10.1. The zero-order chi connectivity index (χ0) is 10.1. The molecule has 1 rings (SSSR count). The minimum absolute atomic E-state index is 0.149. The minimum Gasteiger partial charge on any atom is -0.347 e. The Morgan fingerprint density at radius 1 is 1.46 bits per heavy atom. The maximum absolute atomic E-state index is 5.74. The third-order valence-electron chi connectivity index (χ3n) is 2.47. The molecule has 13 heavy (non-hydrogen) atoms. The van der Waals surface area contributed by atoms with E-state index in [2.05, 4.69) is 23.1 Å². The van der Waals surface area contributed by atoms with Gasteiger partial charge in [-0.05, 0) is 39.4 Å². The number of allylic oxidation sites excluding steroid dienone is 1. The third-order valence-corrected chi connectivity index (χ3v) is 3.08. The highest BCUT2D eigenvalue weighted by atomic mass is 31.0. The summed E-state index contributed by atoms with van der Waals surface area (Å²) in [7, 11) is 2.73. The topological polar surface area (TPSA) is 18.5 Å². The average Bonchev–Trinajstić information content (AvgIpc) is 2.43. The molecule has 2 atom stereocenters. The van der Waals surface area contributed by atoms with Crippen LogP contribution in [0, 0.1) is 0 Å². The molecule has 1 saturated heterocycles. The van der Waals surface area contributed by atoms with Gasteiger partial charge in [-0.1, -0.05) is 5.57 Å². The lowest BCUT2D eigenvalue weighted by Gasteiger charge is -2.18. The van der Waals surface area contributed by atoms with Gasteiger partial charge in [-0.15, -0.1) is 9.24 Å². The van der Waals surface area contributed by atoms with Gasteiger partial charge in [0.1, 0.15) is 6.10 Å². The zero-order valence-corrected chi connectivity index (χ0v) is 10.0. The van der Waals surface area contributed by atoms with Crippen LogP contribution in [0.15, 0.2) is 11.1 Å². The van der Waals surface area contributed by atoms with Crippen molar-refractivity contribution in [3.05, 3.63) is 11.1 Å². The van der Waals surface area contributed by atoms with E-state index in [4.69, 9.17) is 9.47 Å². The quantitative estimate of drug-likeness (QED) is 0.505. The van der Waals surface area contributed by atoms with Crippen LogP contribution in [-0.2, 0) is 9.47 Å². The fourth-order valence-corrected chi connectivity index (χ4v) is 1.66. The van der Waals surface area contributed by atoms with E-state index in [1.165, 1.54) is 11.1 Å². The van der Waals surface area contributed by atoms with Crippen LogP contribution in [0.4, 0.5) is 0 Å². The Balaban J connectivity index is 2.66. The smallest absolute Gasteiger partial charge is 0.163 e. The van der Waals surface area contributed by atoms with Gasteiger partial charge < -0.3 is 9.47 Å². The molecule has 76 valence electrons. The van der Waals surface area contributed by atoms with Gasteiger partial charge in [0, 0.05) is 0 Å². The molecule has 1 aliphatic heterocycles. The van der Waals surface area contributed by atoms with Crippen LogP contribution in [-0.4, -0.2) is 24.7 Å². The van der Waals surface area contributed by atoms with Crippen molar-refractivity contribution >= 4 is 9.24 Å². The highest BCUT2D eigenvalue weighted by Gasteiger charge is 2.33. The van der Waals surface area contributed by atoms with Crippen molar-refractivity contribution < 1.29 is 9.47 Å². The first-order valence-corrected chi connectivity index (χ1v) is 5.46. The van der Waals surface area contributed by atoms with Crippen molar-refractivity contribution in [1.29, 1.82) is 0 Å². The molecule has 1 unspecified atom stereocenters. The molecule has 0 N–H and O–H groups in total. The minimum atomic E-state index is -0.410. The Morgan fingerprint density at radius 2 is 2.08 bits per heavy atom. The molecule has 0 spiro atoms. The molecule has 2 nitrogen and oxygen atoms in total. The summed E-state index contributed by atoms with van der Waals surface area (Å²) in [6, 6.07) is 0. The van der Waals surface area contributed by atoms with Crippen molar-refractivity contribution in [2.24, 2.45) is 0 Å². The Bertz CT molecular complexity index is 221. The maximum Gasteiger partial charge on any atom is 0.163 e. The summed E-state index contributed by atoms with van der Waals surface area (Å²) in [4.78, 5) is 0. The largest absolute Gasteiger partial charge is 0.347 e. The van der Waals surface area contributed by atoms with Crippen LogP contribution in [0.25, 0.3) is 0 Å². The third kappa shape index (κ3) is 2.77. The predicted molar refractivity (Wildman–Crippen MR) is 57.9 cm³/mol. The van der Waals surface area contributed by atoms with Gasteiger partial charge in [0.15, 0.2) is 5.79 Å². The van der Waals surface area contributed by atoms with Crippen molar-refractivity contribution in [2.75, 3.05) is 12.8 Å². The molecule has 0 bridgehead atoms. The van der Waals surface area contributed by atoms with Crippen molar-refractivity contribution in [1.82, 2.24) is 0 Å². The number of rotatable bonds is 2. The van der Waals surface area contributed by atoms with Crippen LogP contribution < -0.4 is 0 Å². The maximum atomic E-state index is 5.74. The van der Waals surface area contributed by atoms with Gasteiger partial charge in [-0.25, -0.2) is 0 Å². The molecule has 0 saturated carbocycles. The van der Waals surface area contributed by atoms with E-state index in [-0.39, 0.29) is 6.10 Å². The van der Waals surface area contributed by atoms with E-state index in [0.717, 1.165) is 6.16 Å². The average molecular weight is 202 g/mol. The van der Waals surface area contributed by atoms with Crippen LogP contribution in [0.3, 0.4) is 0 Å². The molecule has 0 radical (unpaired) electrons. The number of ether oxygens (including phenoxy) is 2. The molecule has 1 fully saturated rings. The van der Waals surface area contributed by atoms with Gasteiger partial charge >= 0.3 is 0 Å². The van der Waals surface area contributed by atoms with Gasteiger partial charge in [-0.2, -0.15) is 0 Å². The summed E-state index contributed by atoms with van der Waals surface area (Å²) in [6.07, 6.45) is 1.15. The predicted octanol–water partition coefficient (Wildman–Crippen LogP) is 2.35.